The number of benzene rings is 1. The third-order valence-corrected chi connectivity index (χ3v) is 3.39. The molecule has 0 aliphatic carbocycles. The average Bonchev–Trinajstić information content (AvgIpc) is 2.85. The van der Waals surface area contributed by atoms with Gasteiger partial charge in [-0.25, -0.2) is 4.98 Å². The molecular formula is C14H17N3O2S. The van der Waals surface area contributed by atoms with Gasteiger partial charge in [-0.2, -0.15) is 0 Å². The summed E-state index contributed by atoms with van der Waals surface area (Å²) in [4.78, 5) is 18.5. The van der Waals surface area contributed by atoms with E-state index in [1.165, 1.54) is 11.3 Å². The minimum atomic E-state index is -0.186. The molecule has 0 bridgehead atoms. The van der Waals surface area contributed by atoms with Crippen molar-refractivity contribution < 1.29 is 9.53 Å². The maximum atomic E-state index is 12.1. The van der Waals surface area contributed by atoms with E-state index in [-0.39, 0.29) is 5.91 Å². The minimum absolute atomic E-state index is 0.186. The van der Waals surface area contributed by atoms with Crippen molar-refractivity contribution in [3.05, 3.63) is 40.9 Å². The highest BCUT2D eigenvalue weighted by Crippen LogP contribution is 2.18. The number of carbonyl (C=O) groups is 1. The van der Waals surface area contributed by atoms with Crippen molar-refractivity contribution in [2.75, 3.05) is 26.5 Å². The molecule has 1 N–H and O–H groups in total. The first kappa shape index (κ1) is 14.5. The first-order chi connectivity index (χ1) is 9.58. The molecule has 1 amide bonds. The van der Waals surface area contributed by atoms with Crippen LogP contribution in [0, 0.1) is 0 Å². The Morgan fingerprint density at radius 1 is 1.45 bits per heavy atom. The first-order valence-electron chi connectivity index (χ1n) is 6.13. The number of hydrogen-bond acceptors (Lipinski definition) is 5. The zero-order chi connectivity index (χ0) is 14.5. The van der Waals surface area contributed by atoms with Crippen molar-refractivity contribution >= 4 is 22.4 Å². The van der Waals surface area contributed by atoms with Crippen LogP contribution in [0.3, 0.4) is 0 Å². The Morgan fingerprint density at radius 3 is 2.95 bits per heavy atom. The van der Waals surface area contributed by atoms with Gasteiger partial charge in [-0.05, 0) is 32.3 Å². The lowest BCUT2D eigenvalue weighted by Gasteiger charge is -2.06. The minimum Gasteiger partial charge on any atom is -0.497 e. The Labute approximate surface area is 122 Å². The summed E-state index contributed by atoms with van der Waals surface area (Å²) in [6, 6.07) is 7.03. The van der Waals surface area contributed by atoms with E-state index in [0.29, 0.717) is 16.4 Å². The van der Waals surface area contributed by atoms with Crippen molar-refractivity contribution in [3.8, 4) is 5.75 Å². The number of anilines is 1. The predicted octanol–water partition coefficient (Wildman–Crippen LogP) is 2.47. The molecule has 0 spiro atoms. The normalized spacial score (nSPS) is 10.6. The van der Waals surface area contributed by atoms with Crippen molar-refractivity contribution in [2.45, 2.75) is 6.54 Å². The molecule has 1 aromatic heterocycles. The maximum absolute atomic E-state index is 12.1. The topological polar surface area (TPSA) is 54.5 Å². The van der Waals surface area contributed by atoms with E-state index in [9.17, 15) is 4.79 Å². The molecular weight excluding hydrogens is 274 g/mol. The van der Waals surface area contributed by atoms with Gasteiger partial charge in [0.25, 0.3) is 5.91 Å². The number of ether oxygens (including phenoxy) is 1. The van der Waals surface area contributed by atoms with Crippen LogP contribution in [-0.2, 0) is 6.54 Å². The van der Waals surface area contributed by atoms with Crippen LogP contribution in [0.15, 0.2) is 29.6 Å². The number of nitrogens with one attached hydrogen (secondary N) is 1. The van der Waals surface area contributed by atoms with Gasteiger partial charge in [0.2, 0.25) is 0 Å². The highest BCUT2D eigenvalue weighted by Gasteiger charge is 2.10. The Hall–Kier alpha value is -1.92. The van der Waals surface area contributed by atoms with Crippen molar-refractivity contribution in [1.82, 2.24) is 9.88 Å². The monoisotopic (exact) mass is 291 g/mol. The summed E-state index contributed by atoms with van der Waals surface area (Å²) in [6.45, 7) is 0.755. The summed E-state index contributed by atoms with van der Waals surface area (Å²) in [7, 11) is 5.53. The number of thiazole rings is 1. The predicted molar refractivity (Wildman–Crippen MR) is 80.5 cm³/mol. The van der Waals surface area contributed by atoms with E-state index in [1.807, 2.05) is 24.4 Å². The van der Waals surface area contributed by atoms with Gasteiger partial charge >= 0.3 is 0 Å². The number of amides is 1. The molecule has 0 fully saturated rings. The molecule has 1 heterocycles. The molecule has 0 atom stereocenters. The van der Waals surface area contributed by atoms with Crippen molar-refractivity contribution in [1.29, 1.82) is 0 Å². The number of aromatic nitrogens is 1. The Kier molecular flexibility index (Phi) is 4.70. The highest BCUT2D eigenvalue weighted by atomic mass is 32.1. The Bertz CT molecular complexity index is 596. The number of carbonyl (C=O) groups excluding carboxylic acids is 1. The second kappa shape index (κ2) is 6.49. The Balaban J connectivity index is 2.05. The molecule has 2 rings (SSSR count). The summed E-state index contributed by atoms with van der Waals surface area (Å²) in [5.41, 5.74) is 1.50. The quantitative estimate of drug-likeness (QED) is 0.919. The van der Waals surface area contributed by atoms with Crippen LogP contribution < -0.4 is 10.1 Å². The second-order valence-corrected chi connectivity index (χ2v) is 5.43. The third-order valence-electron chi connectivity index (χ3n) is 2.58. The third kappa shape index (κ3) is 3.79. The highest BCUT2D eigenvalue weighted by molar-refractivity contribution is 7.13. The number of nitrogens with zero attached hydrogens (tertiary/aromatic N) is 2. The molecule has 0 aliphatic heterocycles. The van der Waals surface area contributed by atoms with Crippen molar-refractivity contribution in [3.63, 3.8) is 0 Å². The van der Waals surface area contributed by atoms with Crippen molar-refractivity contribution in [2.24, 2.45) is 0 Å². The lowest BCUT2D eigenvalue weighted by atomic mass is 10.2. The number of methoxy groups -OCH3 is 1. The largest absolute Gasteiger partial charge is 0.497 e. The molecule has 0 saturated carbocycles. The van der Waals surface area contributed by atoms with Crippen LogP contribution >= 0.6 is 11.3 Å². The van der Waals surface area contributed by atoms with Gasteiger partial charge in [0.15, 0.2) is 5.13 Å². The summed E-state index contributed by atoms with van der Waals surface area (Å²) in [6.07, 6.45) is 0. The lowest BCUT2D eigenvalue weighted by molar-refractivity contribution is 0.102. The smallest absolute Gasteiger partial charge is 0.257 e. The van der Waals surface area contributed by atoms with E-state index in [1.54, 1.807) is 31.4 Å². The summed E-state index contributed by atoms with van der Waals surface area (Å²) in [5.74, 6) is 0.472. The molecule has 5 nitrogen and oxygen atoms in total. The van der Waals surface area contributed by atoms with E-state index in [4.69, 9.17) is 4.74 Å². The van der Waals surface area contributed by atoms with Crippen LogP contribution in [-0.4, -0.2) is 37.0 Å². The van der Waals surface area contributed by atoms with Gasteiger partial charge in [0, 0.05) is 17.5 Å². The van der Waals surface area contributed by atoms with E-state index < -0.39 is 0 Å². The standard InChI is InChI=1S/C14H17N3O2S/c1-17(2)8-11-9-20-14(15-11)16-13(18)10-5-4-6-12(7-10)19-3/h4-7,9H,8H2,1-3H3,(H,15,16,18). The number of rotatable bonds is 5. The van der Waals surface area contributed by atoms with Crippen LogP contribution in [0.5, 0.6) is 5.75 Å². The average molecular weight is 291 g/mol. The molecule has 0 saturated heterocycles. The van der Waals surface area contributed by atoms with E-state index in [0.717, 1.165) is 12.2 Å². The van der Waals surface area contributed by atoms with Gasteiger partial charge < -0.3 is 9.64 Å². The first-order valence-corrected chi connectivity index (χ1v) is 7.01. The molecule has 20 heavy (non-hydrogen) atoms. The molecule has 106 valence electrons. The fraction of sp³-hybridized carbons (Fsp3) is 0.286. The van der Waals surface area contributed by atoms with Crippen LogP contribution in [0.1, 0.15) is 16.1 Å². The zero-order valence-corrected chi connectivity index (χ0v) is 12.5. The maximum Gasteiger partial charge on any atom is 0.257 e. The summed E-state index contributed by atoms with van der Waals surface area (Å²) >= 11 is 1.42. The summed E-state index contributed by atoms with van der Waals surface area (Å²) < 4.78 is 5.10. The van der Waals surface area contributed by atoms with E-state index in [2.05, 4.69) is 10.3 Å². The number of hydrogen-bond donors (Lipinski definition) is 1. The lowest BCUT2D eigenvalue weighted by Crippen LogP contribution is -2.13. The molecule has 2 aromatic rings. The van der Waals surface area contributed by atoms with Gasteiger partial charge in [-0.1, -0.05) is 6.07 Å². The molecule has 6 heteroatoms. The Morgan fingerprint density at radius 2 is 2.25 bits per heavy atom. The summed E-state index contributed by atoms with van der Waals surface area (Å²) in [5, 5.41) is 5.35. The molecule has 1 aromatic carbocycles. The van der Waals surface area contributed by atoms with Gasteiger partial charge in [0.1, 0.15) is 5.75 Å². The van der Waals surface area contributed by atoms with E-state index >= 15 is 0 Å². The SMILES string of the molecule is COc1cccc(C(=O)Nc2nc(CN(C)C)cs2)c1. The van der Waals surface area contributed by atoms with Gasteiger partial charge in [-0.3, -0.25) is 10.1 Å². The van der Waals surface area contributed by atoms with Crippen LogP contribution in [0.25, 0.3) is 0 Å². The molecule has 0 unspecified atom stereocenters. The van der Waals surface area contributed by atoms with Crippen LogP contribution in [0.2, 0.25) is 0 Å². The second-order valence-electron chi connectivity index (χ2n) is 4.57. The van der Waals surface area contributed by atoms with Gasteiger partial charge in [-0.15, -0.1) is 11.3 Å². The fourth-order valence-corrected chi connectivity index (χ4v) is 2.39. The fourth-order valence-electron chi connectivity index (χ4n) is 1.69. The molecule has 0 aliphatic rings. The molecule has 0 radical (unpaired) electrons. The van der Waals surface area contributed by atoms with Gasteiger partial charge in [0.05, 0.1) is 12.8 Å². The van der Waals surface area contributed by atoms with Crippen LogP contribution in [0.4, 0.5) is 5.13 Å². The zero-order valence-electron chi connectivity index (χ0n) is 11.7.